The van der Waals surface area contributed by atoms with Crippen LogP contribution in [-0.2, 0) is 0 Å². The summed E-state index contributed by atoms with van der Waals surface area (Å²) in [6.07, 6.45) is 4.86. The molecule has 0 aromatic carbocycles. The molecule has 0 aliphatic heterocycles. The van der Waals surface area contributed by atoms with Crippen LogP contribution in [0.1, 0.15) is 40.7 Å². The van der Waals surface area contributed by atoms with Crippen molar-refractivity contribution in [3.63, 3.8) is 0 Å². The highest BCUT2D eigenvalue weighted by Gasteiger charge is 2.43. The lowest BCUT2D eigenvalue weighted by Crippen LogP contribution is -2.38. The molecule has 0 radical (unpaired) electrons. The highest BCUT2D eigenvalue weighted by Crippen LogP contribution is 2.37. The number of nitrogens with one attached hydrogen (secondary N) is 1. The van der Waals surface area contributed by atoms with Gasteiger partial charge < -0.3 is 4.98 Å². The largest absolute Gasteiger partial charge is 0.342 e. The highest BCUT2D eigenvalue weighted by atomic mass is 16.1. The molecule has 0 fully saturated rings. The van der Waals surface area contributed by atoms with Crippen molar-refractivity contribution < 1.29 is 9.59 Å². The minimum atomic E-state index is -0.188. The van der Waals surface area contributed by atoms with E-state index in [1.54, 1.807) is 0 Å². The molecule has 4 heteroatoms. The molecular weight excluding hydrogens is 204 g/mol. The van der Waals surface area contributed by atoms with Crippen LogP contribution in [-0.4, -0.2) is 21.5 Å². The van der Waals surface area contributed by atoms with E-state index in [4.69, 9.17) is 0 Å². The number of nitrogens with zero attached hydrogens (tertiary/aromatic N) is 1. The zero-order valence-electron chi connectivity index (χ0n) is 8.99. The maximum absolute atomic E-state index is 12.2. The number of H-pyrrole nitrogens is 1. The number of rotatable bonds is 0. The molecule has 1 aromatic rings. The number of imidazole rings is 1. The van der Waals surface area contributed by atoms with E-state index in [0.29, 0.717) is 24.2 Å². The van der Waals surface area contributed by atoms with E-state index < -0.39 is 0 Å². The number of carbonyl (C=O) groups is 2. The van der Waals surface area contributed by atoms with Gasteiger partial charge in [-0.2, -0.15) is 0 Å². The van der Waals surface area contributed by atoms with Gasteiger partial charge in [0.1, 0.15) is 11.4 Å². The Kier molecular flexibility index (Phi) is 1.87. The first-order chi connectivity index (χ1) is 7.68. The molecule has 82 valence electrons. The van der Waals surface area contributed by atoms with Crippen LogP contribution in [0.15, 0.2) is 18.0 Å². The molecule has 1 heterocycles. The summed E-state index contributed by atoms with van der Waals surface area (Å²) in [4.78, 5) is 31.0. The van der Waals surface area contributed by atoms with Gasteiger partial charge in [0.15, 0.2) is 11.6 Å². The first-order valence-corrected chi connectivity index (χ1v) is 5.46. The fraction of sp³-hybridized carbons (Fsp3) is 0.417. The standard InChI is InChI=1S/C12H12N2O2/c1-6-2-3-7-8(4-6)12(16)10-9(11(7)15)13-5-14-10/h2,5,7-8H,3-4H2,1H3,(H,13,14). The molecule has 1 aromatic heterocycles. The number of hydrogen-bond acceptors (Lipinski definition) is 3. The smallest absolute Gasteiger partial charge is 0.187 e. The molecule has 0 saturated carbocycles. The number of hydrogen-bond donors (Lipinski definition) is 1. The maximum atomic E-state index is 12.2. The summed E-state index contributed by atoms with van der Waals surface area (Å²) in [5.41, 5.74) is 1.94. The van der Waals surface area contributed by atoms with Crippen LogP contribution in [0.25, 0.3) is 0 Å². The van der Waals surface area contributed by atoms with Crippen LogP contribution in [0.5, 0.6) is 0 Å². The third-order valence-electron chi connectivity index (χ3n) is 3.54. The van der Waals surface area contributed by atoms with Gasteiger partial charge in [0.2, 0.25) is 0 Å². The molecule has 0 spiro atoms. The van der Waals surface area contributed by atoms with Crippen molar-refractivity contribution >= 4 is 11.6 Å². The van der Waals surface area contributed by atoms with Crippen molar-refractivity contribution in [2.45, 2.75) is 19.8 Å². The average Bonchev–Trinajstić information content (AvgIpc) is 2.75. The number of ketones is 2. The molecule has 1 N–H and O–H groups in total. The molecule has 0 bridgehead atoms. The number of allylic oxidation sites excluding steroid dienone is 2. The fourth-order valence-electron chi connectivity index (χ4n) is 2.66. The zero-order chi connectivity index (χ0) is 11.3. The molecule has 0 amide bonds. The Balaban J connectivity index is 2.10. The minimum absolute atomic E-state index is 0.0181. The summed E-state index contributed by atoms with van der Waals surface area (Å²) < 4.78 is 0. The quantitative estimate of drug-likeness (QED) is 0.672. The fourth-order valence-corrected chi connectivity index (χ4v) is 2.66. The van der Waals surface area contributed by atoms with Gasteiger partial charge in [0.25, 0.3) is 0 Å². The van der Waals surface area contributed by atoms with E-state index in [9.17, 15) is 9.59 Å². The maximum Gasteiger partial charge on any atom is 0.187 e. The molecule has 16 heavy (non-hydrogen) atoms. The first-order valence-electron chi connectivity index (χ1n) is 5.46. The van der Waals surface area contributed by atoms with Crippen molar-refractivity contribution in [1.29, 1.82) is 0 Å². The zero-order valence-corrected chi connectivity index (χ0v) is 8.99. The number of aromatic amines is 1. The van der Waals surface area contributed by atoms with Crippen molar-refractivity contribution in [2.24, 2.45) is 11.8 Å². The molecule has 3 rings (SSSR count). The third kappa shape index (κ3) is 1.13. The van der Waals surface area contributed by atoms with E-state index in [1.165, 1.54) is 11.9 Å². The molecule has 0 saturated heterocycles. The SMILES string of the molecule is CC1=CCC2C(=O)c3nc[nH]c3C(=O)C2C1. The van der Waals surface area contributed by atoms with Crippen LogP contribution in [0.4, 0.5) is 0 Å². The number of aromatic nitrogens is 2. The van der Waals surface area contributed by atoms with E-state index >= 15 is 0 Å². The van der Waals surface area contributed by atoms with Crippen LogP contribution in [0.3, 0.4) is 0 Å². The Labute approximate surface area is 92.8 Å². The molecule has 4 nitrogen and oxygen atoms in total. The van der Waals surface area contributed by atoms with Gasteiger partial charge in [-0.25, -0.2) is 4.98 Å². The third-order valence-corrected chi connectivity index (χ3v) is 3.54. The van der Waals surface area contributed by atoms with Crippen LogP contribution in [0.2, 0.25) is 0 Å². The Bertz CT molecular complexity index is 513. The number of Topliss-reactive ketones (excluding diaryl/α,β-unsaturated/α-hetero) is 2. The van der Waals surface area contributed by atoms with Gasteiger partial charge in [-0.05, 0) is 19.8 Å². The number of fused-ring (bicyclic) bond motifs is 2. The lowest BCUT2D eigenvalue weighted by Gasteiger charge is -2.31. The predicted octanol–water partition coefficient (Wildman–Crippen LogP) is 1.76. The van der Waals surface area contributed by atoms with Crippen molar-refractivity contribution in [2.75, 3.05) is 0 Å². The van der Waals surface area contributed by atoms with E-state index in [0.717, 1.165) is 0 Å². The Morgan fingerprint density at radius 3 is 2.94 bits per heavy atom. The van der Waals surface area contributed by atoms with Crippen LogP contribution < -0.4 is 0 Å². The summed E-state index contributed by atoms with van der Waals surface area (Å²) in [6, 6.07) is 0. The Morgan fingerprint density at radius 2 is 2.12 bits per heavy atom. The van der Waals surface area contributed by atoms with Gasteiger partial charge in [-0.3, -0.25) is 9.59 Å². The Morgan fingerprint density at radius 1 is 1.31 bits per heavy atom. The number of carbonyl (C=O) groups excluding carboxylic acids is 2. The normalized spacial score (nSPS) is 28.4. The first kappa shape index (κ1) is 9.51. The van der Waals surface area contributed by atoms with Crippen molar-refractivity contribution in [3.8, 4) is 0 Å². The predicted molar refractivity (Wildman–Crippen MR) is 57.2 cm³/mol. The van der Waals surface area contributed by atoms with Gasteiger partial charge in [-0.15, -0.1) is 0 Å². The van der Waals surface area contributed by atoms with E-state index in [2.05, 4.69) is 16.0 Å². The monoisotopic (exact) mass is 216 g/mol. The van der Waals surface area contributed by atoms with E-state index in [-0.39, 0.29) is 23.4 Å². The average molecular weight is 216 g/mol. The Hall–Kier alpha value is -1.71. The van der Waals surface area contributed by atoms with Crippen LogP contribution >= 0.6 is 0 Å². The molecular formula is C12H12N2O2. The molecule has 2 atom stereocenters. The van der Waals surface area contributed by atoms with E-state index in [1.807, 2.05) is 6.92 Å². The summed E-state index contributed by atoms with van der Waals surface area (Å²) in [5.74, 6) is -0.299. The van der Waals surface area contributed by atoms with Crippen LogP contribution in [0, 0.1) is 11.8 Å². The summed E-state index contributed by atoms with van der Waals surface area (Å²) in [5, 5.41) is 0. The minimum Gasteiger partial charge on any atom is -0.342 e. The lowest BCUT2D eigenvalue weighted by atomic mass is 9.70. The molecule has 2 aliphatic carbocycles. The van der Waals surface area contributed by atoms with Crippen molar-refractivity contribution in [1.82, 2.24) is 9.97 Å². The summed E-state index contributed by atoms with van der Waals surface area (Å²) >= 11 is 0. The van der Waals surface area contributed by atoms with Gasteiger partial charge >= 0.3 is 0 Å². The van der Waals surface area contributed by atoms with Crippen molar-refractivity contribution in [3.05, 3.63) is 29.4 Å². The lowest BCUT2D eigenvalue weighted by molar-refractivity contribution is 0.0719. The second-order valence-corrected chi connectivity index (χ2v) is 4.56. The van der Waals surface area contributed by atoms with Gasteiger partial charge in [0.05, 0.1) is 6.33 Å². The highest BCUT2D eigenvalue weighted by molar-refractivity contribution is 6.14. The molecule has 2 aliphatic rings. The summed E-state index contributed by atoms with van der Waals surface area (Å²) in [7, 11) is 0. The molecule has 2 unspecified atom stereocenters. The van der Waals surface area contributed by atoms with Gasteiger partial charge in [-0.1, -0.05) is 11.6 Å². The van der Waals surface area contributed by atoms with Gasteiger partial charge in [0, 0.05) is 11.8 Å². The second kappa shape index (κ2) is 3.14. The summed E-state index contributed by atoms with van der Waals surface area (Å²) in [6.45, 7) is 2.01. The topological polar surface area (TPSA) is 62.8 Å². The second-order valence-electron chi connectivity index (χ2n) is 4.56.